The molecule has 7 heteroatoms. The Labute approximate surface area is 124 Å². The molecule has 0 radical (unpaired) electrons. The first-order chi connectivity index (χ1) is 10.2. The predicted molar refractivity (Wildman–Crippen MR) is 77.6 cm³/mol. The summed E-state index contributed by atoms with van der Waals surface area (Å²) in [7, 11) is 1.43. The fourth-order valence-corrected chi connectivity index (χ4v) is 2.50. The van der Waals surface area contributed by atoms with Gasteiger partial charge in [0.25, 0.3) is 0 Å². The van der Waals surface area contributed by atoms with E-state index in [0.717, 1.165) is 24.7 Å². The van der Waals surface area contributed by atoms with E-state index < -0.39 is 0 Å². The molecular weight excluding hydrogens is 272 g/mol. The summed E-state index contributed by atoms with van der Waals surface area (Å²) in [5, 5.41) is 7.09. The molecule has 1 aliphatic rings. The molecule has 1 aromatic heterocycles. The van der Waals surface area contributed by atoms with E-state index in [1.54, 1.807) is 6.07 Å². The molecule has 21 heavy (non-hydrogen) atoms. The highest BCUT2D eigenvalue weighted by Gasteiger charge is 2.36. The molecule has 2 heterocycles. The lowest BCUT2D eigenvalue weighted by atomic mass is 9.99. The number of nitrogens with zero attached hydrogens (tertiary/aromatic N) is 3. The summed E-state index contributed by atoms with van der Waals surface area (Å²) in [6.07, 6.45) is 1.53. The molecule has 2 unspecified atom stereocenters. The molecule has 1 aromatic rings. The first-order valence-corrected chi connectivity index (χ1v) is 7.16. The van der Waals surface area contributed by atoms with Gasteiger partial charge in [-0.05, 0) is 12.8 Å². The summed E-state index contributed by atoms with van der Waals surface area (Å²) in [5.41, 5.74) is 0.780. The van der Waals surface area contributed by atoms with E-state index in [9.17, 15) is 4.79 Å². The summed E-state index contributed by atoms with van der Waals surface area (Å²) >= 11 is 0. The smallest absolute Gasteiger partial charge is 0.310 e. The lowest BCUT2D eigenvalue weighted by Gasteiger charge is -2.21. The van der Waals surface area contributed by atoms with Crippen LogP contribution in [0, 0.1) is 11.8 Å². The van der Waals surface area contributed by atoms with E-state index in [1.807, 2.05) is 6.92 Å². The Morgan fingerprint density at radius 1 is 1.62 bits per heavy atom. The van der Waals surface area contributed by atoms with Crippen molar-refractivity contribution < 1.29 is 14.1 Å². The average molecular weight is 294 g/mol. The van der Waals surface area contributed by atoms with Crippen molar-refractivity contribution in [3.05, 3.63) is 18.0 Å². The van der Waals surface area contributed by atoms with Gasteiger partial charge in [-0.1, -0.05) is 12.1 Å². The van der Waals surface area contributed by atoms with Crippen LogP contribution in [-0.2, 0) is 16.1 Å². The van der Waals surface area contributed by atoms with Crippen molar-refractivity contribution in [2.45, 2.75) is 20.4 Å². The first-order valence-electron chi connectivity index (χ1n) is 7.16. The number of carbonyl (C=O) groups is 1. The highest BCUT2D eigenvalue weighted by molar-refractivity contribution is 5.82. The van der Waals surface area contributed by atoms with Crippen LogP contribution in [0.1, 0.15) is 19.5 Å². The van der Waals surface area contributed by atoms with Gasteiger partial charge in [0.1, 0.15) is 12.0 Å². The Hall–Kier alpha value is -2.05. The predicted octanol–water partition coefficient (Wildman–Crippen LogP) is 0.881. The SMILES string of the molecule is CCNC(=NCc1ccon1)N1CC(C)C(C(=O)OC)C1. The molecular formula is C14H22N4O3. The average Bonchev–Trinajstić information content (AvgIpc) is 3.12. The van der Waals surface area contributed by atoms with Crippen LogP contribution in [-0.4, -0.2) is 48.7 Å². The van der Waals surface area contributed by atoms with E-state index in [4.69, 9.17) is 9.26 Å². The maximum Gasteiger partial charge on any atom is 0.310 e. The minimum Gasteiger partial charge on any atom is -0.469 e. The Balaban J connectivity index is 2.05. The Bertz CT molecular complexity index is 486. The van der Waals surface area contributed by atoms with Crippen molar-refractivity contribution in [1.29, 1.82) is 0 Å². The summed E-state index contributed by atoms with van der Waals surface area (Å²) in [6, 6.07) is 1.79. The van der Waals surface area contributed by atoms with Crippen LogP contribution in [0.3, 0.4) is 0 Å². The second-order valence-corrected chi connectivity index (χ2v) is 5.17. The Morgan fingerprint density at radius 3 is 3.05 bits per heavy atom. The van der Waals surface area contributed by atoms with Crippen molar-refractivity contribution in [1.82, 2.24) is 15.4 Å². The van der Waals surface area contributed by atoms with Gasteiger partial charge in [0, 0.05) is 25.7 Å². The van der Waals surface area contributed by atoms with E-state index in [-0.39, 0.29) is 17.8 Å². The maximum absolute atomic E-state index is 11.8. The lowest BCUT2D eigenvalue weighted by molar-refractivity contribution is -0.145. The van der Waals surface area contributed by atoms with Crippen molar-refractivity contribution in [2.24, 2.45) is 16.8 Å². The number of likely N-dealkylation sites (tertiary alicyclic amines) is 1. The van der Waals surface area contributed by atoms with E-state index in [1.165, 1.54) is 13.4 Å². The van der Waals surface area contributed by atoms with Crippen molar-refractivity contribution in [3.63, 3.8) is 0 Å². The third-order valence-electron chi connectivity index (χ3n) is 3.63. The van der Waals surface area contributed by atoms with Gasteiger partial charge in [0.05, 0.1) is 19.6 Å². The number of hydrogen-bond acceptors (Lipinski definition) is 5. The zero-order valence-corrected chi connectivity index (χ0v) is 12.7. The van der Waals surface area contributed by atoms with Crippen molar-refractivity contribution in [2.75, 3.05) is 26.7 Å². The molecule has 1 saturated heterocycles. The van der Waals surface area contributed by atoms with Crippen LogP contribution in [0.2, 0.25) is 0 Å². The number of esters is 1. The Morgan fingerprint density at radius 2 is 2.43 bits per heavy atom. The fourth-order valence-electron chi connectivity index (χ4n) is 2.50. The van der Waals surface area contributed by atoms with Gasteiger partial charge in [-0.2, -0.15) is 0 Å². The molecule has 1 fully saturated rings. The third kappa shape index (κ3) is 3.74. The second-order valence-electron chi connectivity index (χ2n) is 5.17. The molecule has 0 saturated carbocycles. The van der Waals surface area contributed by atoms with Gasteiger partial charge in [-0.15, -0.1) is 0 Å². The molecule has 1 N–H and O–H groups in total. The number of nitrogens with one attached hydrogen (secondary N) is 1. The van der Waals surface area contributed by atoms with Gasteiger partial charge < -0.3 is 19.5 Å². The zero-order valence-electron chi connectivity index (χ0n) is 12.7. The number of hydrogen-bond donors (Lipinski definition) is 1. The summed E-state index contributed by atoms with van der Waals surface area (Å²) in [5.74, 6) is 0.773. The van der Waals surface area contributed by atoms with Crippen LogP contribution < -0.4 is 5.32 Å². The van der Waals surface area contributed by atoms with Gasteiger partial charge in [-0.3, -0.25) is 4.79 Å². The highest BCUT2D eigenvalue weighted by Crippen LogP contribution is 2.24. The monoisotopic (exact) mass is 294 g/mol. The number of ether oxygens (including phenoxy) is 1. The largest absolute Gasteiger partial charge is 0.469 e. The molecule has 0 aromatic carbocycles. The van der Waals surface area contributed by atoms with Gasteiger partial charge in [0.2, 0.25) is 0 Å². The molecule has 116 valence electrons. The molecule has 1 aliphatic heterocycles. The lowest BCUT2D eigenvalue weighted by Crippen LogP contribution is -2.40. The number of guanidine groups is 1. The quantitative estimate of drug-likeness (QED) is 0.504. The van der Waals surface area contributed by atoms with Gasteiger partial charge in [0.15, 0.2) is 5.96 Å². The third-order valence-corrected chi connectivity index (χ3v) is 3.63. The molecule has 2 rings (SSSR count). The minimum atomic E-state index is -0.155. The van der Waals surface area contributed by atoms with Crippen LogP contribution >= 0.6 is 0 Å². The van der Waals surface area contributed by atoms with E-state index >= 15 is 0 Å². The first kappa shape index (κ1) is 15.3. The summed E-state index contributed by atoms with van der Waals surface area (Å²) in [4.78, 5) is 18.4. The number of aromatic nitrogens is 1. The van der Waals surface area contributed by atoms with Crippen LogP contribution in [0.15, 0.2) is 21.8 Å². The maximum atomic E-state index is 11.8. The topological polar surface area (TPSA) is 80.0 Å². The van der Waals surface area contributed by atoms with Crippen LogP contribution in [0.25, 0.3) is 0 Å². The fraction of sp³-hybridized carbons (Fsp3) is 0.643. The van der Waals surface area contributed by atoms with E-state index in [0.29, 0.717) is 13.1 Å². The number of methoxy groups -OCH3 is 1. The molecule has 0 bridgehead atoms. The molecule has 2 atom stereocenters. The number of aliphatic imine (C=N–C) groups is 1. The molecule has 7 nitrogen and oxygen atoms in total. The van der Waals surface area contributed by atoms with Crippen molar-refractivity contribution >= 4 is 11.9 Å². The Kier molecular flexibility index (Phi) is 5.19. The number of carbonyl (C=O) groups excluding carboxylic acids is 1. The molecule has 0 aliphatic carbocycles. The molecule has 0 amide bonds. The molecule has 0 spiro atoms. The summed E-state index contributed by atoms with van der Waals surface area (Å²) in [6.45, 7) is 6.70. The van der Waals surface area contributed by atoms with Crippen LogP contribution in [0.4, 0.5) is 0 Å². The van der Waals surface area contributed by atoms with Crippen LogP contribution in [0.5, 0.6) is 0 Å². The normalized spacial score (nSPS) is 22.4. The highest BCUT2D eigenvalue weighted by atomic mass is 16.5. The van der Waals surface area contributed by atoms with Crippen molar-refractivity contribution in [3.8, 4) is 0 Å². The van der Waals surface area contributed by atoms with Gasteiger partial charge in [-0.25, -0.2) is 4.99 Å². The minimum absolute atomic E-state index is 0.106. The second kappa shape index (κ2) is 7.10. The van der Waals surface area contributed by atoms with E-state index in [2.05, 4.69) is 27.3 Å². The number of rotatable bonds is 4. The zero-order chi connectivity index (χ0) is 15.2. The standard InChI is InChI=1S/C14H22N4O3/c1-4-15-14(16-7-11-5-6-21-17-11)18-8-10(2)12(9-18)13(19)20-3/h5-6,10,12H,4,7-9H2,1-3H3,(H,15,16). The summed E-state index contributed by atoms with van der Waals surface area (Å²) < 4.78 is 9.66. The van der Waals surface area contributed by atoms with Gasteiger partial charge >= 0.3 is 5.97 Å².